The molecule has 4 atom stereocenters. The van der Waals surface area contributed by atoms with Crippen LogP contribution in [-0.2, 0) is 4.74 Å². The first-order valence-corrected chi connectivity index (χ1v) is 5.79. The van der Waals surface area contributed by atoms with Gasteiger partial charge in [-0.15, -0.1) is 0 Å². The van der Waals surface area contributed by atoms with Gasteiger partial charge in [-0.25, -0.2) is 0 Å². The second kappa shape index (κ2) is 4.85. The summed E-state index contributed by atoms with van der Waals surface area (Å²) >= 11 is 2.58. The van der Waals surface area contributed by atoms with Crippen molar-refractivity contribution in [2.24, 2.45) is 0 Å². The molecule has 1 saturated heterocycles. The number of rotatable bonds is 2. The predicted molar refractivity (Wildman–Crippen MR) is 56.9 cm³/mol. The Labute approximate surface area is 104 Å². The van der Waals surface area contributed by atoms with Gasteiger partial charge in [-0.05, 0) is 0 Å². The normalized spacial score (nSPS) is 32.9. The maximum atomic E-state index is 11.6. The number of aliphatic hydroxyl groups excluding tert-OH is 3. The first kappa shape index (κ1) is 12.7. The van der Waals surface area contributed by atoms with Crippen molar-refractivity contribution in [3.05, 3.63) is 22.7 Å². The minimum atomic E-state index is -1.28. The molecule has 0 aromatic carbocycles. The second-order valence-electron chi connectivity index (χ2n) is 3.68. The van der Waals surface area contributed by atoms with Gasteiger partial charge in [0.15, 0.2) is 0 Å². The molecule has 2 heterocycles. The molecular weight excluding hydrogens is 295 g/mol. The van der Waals surface area contributed by atoms with Gasteiger partial charge in [0, 0.05) is 0 Å². The third-order valence-corrected chi connectivity index (χ3v) is 3.07. The van der Waals surface area contributed by atoms with E-state index in [0.717, 1.165) is 4.57 Å². The summed E-state index contributed by atoms with van der Waals surface area (Å²) in [5.74, 6) is 0. The summed E-state index contributed by atoms with van der Waals surface area (Å²) in [6.45, 7) is -0.434. The van der Waals surface area contributed by atoms with Crippen LogP contribution in [0, 0.1) is 0 Å². The second-order valence-corrected chi connectivity index (χ2v) is 4.56. The molecule has 1 aromatic rings. The predicted octanol–water partition coefficient (Wildman–Crippen LogP) is -3.35. The van der Waals surface area contributed by atoms with Crippen LogP contribution >= 0.6 is 0 Å². The van der Waals surface area contributed by atoms with Crippen molar-refractivity contribution in [2.75, 3.05) is 6.61 Å². The van der Waals surface area contributed by atoms with Crippen LogP contribution in [0.2, 0.25) is 0 Å². The van der Waals surface area contributed by atoms with Crippen LogP contribution in [0.5, 0.6) is 0 Å². The molecular formula is C9H11N2O5Se. The summed E-state index contributed by atoms with van der Waals surface area (Å²) in [4.78, 5) is 15.2. The van der Waals surface area contributed by atoms with E-state index in [2.05, 4.69) is 21.0 Å². The van der Waals surface area contributed by atoms with E-state index in [4.69, 9.17) is 9.84 Å². The molecule has 93 valence electrons. The van der Waals surface area contributed by atoms with E-state index in [1.54, 1.807) is 0 Å². The van der Waals surface area contributed by atoms with Crippen molar-refractivity contribution in [3.63, 3.8) is 0 Å². The van der Waals surface area contributed by atoms with E-state index in [1.807, 2.05) is 0 Å². The van der Waals surface area contributed by atoms with Gasteiger partial charge in [0.2, 0.25) is 0 Å². The number of aromatic nitrogens is 2. The number of hydrogen-bond acceptors (Lipinski definition) is 6. The average Bonchev–Trinajstić information content (AvgIpc) is 2.57. The summed E-state index contributed by atoms with van der Waals surface area (Å²) in [5, 5.41) is 28.2. The average molecular weight is 306 g/mol. The van der Waals surface area contributed by atoms with Gasteiger partial charge < -0.3 is 0 Å². The van der Waals surface area contributed by atoms with Crippen molar-refractivity contribution < 1.29 is 20.1 Å². The zero-order valence-electron chi connectivity index (χ0n) is 8.63. The molecule has 7 nitrogen and oxygen atoms in total. The van der Waals surface area contributed by atoms with Gasteiger partial charge in [0.1, 0.15) is 0 Å². The summed E-state index contributed by atoms with van der Waals surface area (Å²) in [6, 6.07) is 1.54. The van der Waals surface area contributed by atoms with Crippen molar-refractivity contribution in [3.8, 4) is 0 Å². The molecule has 8 heteroatoms. The molecule has 0 bridgehead atoms. The standard InChI is InChI=1S/C9H11N2O5Se/c12-3-4-6(13)7(14)8(16-4)11-2-1-5(17)10-9(11)15/h1-2,4,6-8,12-14H,3H2/t4-,6-,7-,8-/m1/s1. The van der Waals surface area contributed by atoms with Crippen molar-refractivity contribution in [2.45, 2.75) is 24.5 Å². The molecule has 1 aliphatic rings. The molecule has 1 aliphatic heterocycles. The fraction of sp³-hybridized carbons (Fsp3) is 0.556. The fourth-order valence-corrected chi connectivity index (χ4v) is 1.99. The minimum absolute atomic E-state index is 0.429. The Bertz CT molecular complexity index is 465. The quantitative estimate of drug-likeness (QED) is 0.493. The third-order valence-electron chi connectivity index (χ3n) is 2.60. The maximum absolute atomic E-state index is 11.6. The SMILES string of the molecule is O=c1nc([Se])ccn1[C@@H]1O[C@H](CO)[C@@H](O)[C@H]1O. The molecule has 0 spiro atoms. The van der Waals surface area contributed by atoms with E-state index in [0.29, 0.717) is 4.59 Å². The molecule has 1 fully saturated rings. The molecule has 0 amide bonds. The summed E-state index contributed by atoms with van der Waals surface area (Å²) in [5.41, 5.74) is -0.601. The van der Waals surface area contributed by atoms with Gasteiger partial charge in [0.05, 0.1) is 0 Å². The van der Waals surface area contributed by atoms with Crippen molar-refractivity contribution in [1.82, 2.24) is 9.55 Å². The molecule has 0 aliphatic carbocycles. The van der Waals surface area contributed by atoms with Gasteiger partial charge in [0.25, 0.3) is 0 Å². The number of nitrogens with zero attached hydrogens (tertiary/aromatic N) is 2. The zero-order chi connectivity index (χ0) is 12.6. The Kier molecular flexibility index (Phi) is 3.62. The molecule has 0 unspecified atom stereocenters. The summed E-state index contributed by atoms with van der Waals surface area (Å²) in [6.07, 6.45) is -3.05. The topological polar surface area (TPSA) is 105 Å². The molecule has 17 heavy (non-hydrogen) atoms. The molecule has 3 N–H and O–H groups in total. The van der Waals surface area contributed by atoms with Gasteiger partial charge in [-0.1, -0.05) is 0 Å². The Morgan fingerprint density at radius 1 is 1.47 bits per heavy atom. The van der Waals surface area contributed by atoms with Crippen LogP contribution in [0.1, 0.15) is 6.23 Å². The van der Waals surface area contributed by atoms with Crippen LogP contribution < -0.4 is 10.3 Å². The van der Waals surface area contributed by atoms with E-state index in [-0.39, 0.29) is 0 Å². The monoisotopic (exact) mass is 307 g/mol. The van der Waals surface area contributed by atoms with E-state index < -0.39 is 36.8 Å². The fourth-order valence-electron chi connectivity index (χ4n) is 1.70. The van der Waals surface area contributed by atoms with Crippen LogP contribution in [0.4, 0.5) is 0 Å². The Hall–Kier alpha value is -0.761. The Morgan fingerprint density at radius 3 is 2.71 bits per heavy atom. The first-order chi connectivity index (χ1) is 8.04. The van der Waals surface area contributed by atoms with E-state index >= 15 is 0 Å². The number of hydrogen-bond donors (Lipinski definition) is 3. The van der Waals surface area contributed by atoms with Crippen LogP contribution in [0.3, 0.4) is 0 Å². The Morgan fingerprint density at radius 2 is 2.18 bits per heavy atom. The molecule has 1 radical (unpaired) electrons. The van der Waals surface area contributed by atoms with Gasteiger partial charge >= 0.3 is 104 Å². The van der Waals surface area contributed by atoms with Crippen molar-refractivity contribution >= 4 is 20.6 Å². The van der Waals surface area contributed by atoms with Gasteiger partial charge in [-0.2, -0.15) is 0 Å². The van der Waals surface area contributed by atoms with Crippen LogP contribution in [0.15, 0.2) is 17.1 Å². The Balaban J connectivity index is 2.32. The summed E-state index contributed by atoms with van der Waals surface area (Å²) < 4.78 is 6.71. The first-order valence-electron chi connectivity index (χ1n) is 4.93. The third kappa shape index (κ3) is 2.28. The molecule has 1 aromatic heterocycles. The van der Waals surface area contributed by atoms with E-state index in [1.165, 1.54) is 12.3 Å². The molecule has 0 saturated carbocycles. The van der Waals surface area contributed by atoms with Crippen LogP contribution in [0.25, 0.3) is 0 Å². The van der Waals surface area contributed by atoms with E-state index in [9.17, 15) is 15.0 Å². The van der Waals surface area contributed by atoms with Crippen molar-refractivity contribution in [1.29, 1.82) is 0 Å². The zero-order valence-corrected chi connectivity index (χ0v) is 10.3. The molecule has 2 rings (SSSR count). The number of aliphatic hydroxyl groups is 3. The van der Waals surface area contributed by atoms with Gasteiger partial charge in [-0.3, -0.25) is 0 Å². The van der Waals surface area contributed by atoms with Crippen LogP contribution in [-0.4, -0.2) is 65.8 Å². The number of ether oxygens (including phenoxy) is 1. The summed E-state index contributed by atoms with van der Waals surface area (Å²) in [7, 11) is 0.